The van der Waals surface area contributed by atoms with Crippen molar-refractivity contribution in [3.05, 3.63) is 29.8 Å². The van der Waals surface area contributed by atoms with Gasteiger partial charge in [0.2, 0.25) is 0 Å². The lowest BCUT2D eigenvalue weighted by Crippen LogP contribution is -2.44. The number of benzene rings is 1. The predicted molar refractivity (Wildman–Crippen MR) is 76.1 cm³/mol. The third kappa shape index (κ3) is 2.75. The third-order valence-electron chi connectivity index (χ3n) is 4.04. The van der Waals surface area contributed by atoms with E-state index in [1.807, 2.05) is 12.1 Å². The normalized spacial score (nSPS) is 23.6. The summed E-state index contributed by atoms with van der Waals surface area (Å²) >= 11 is 0. The van der Waals surface area contributed by atoms with Crippen LogP contribution in [0.5, 0.6) is 5.75 Å². The van der Waals surface area contributed by atoms with Gasteiger partial charge in [-0.3, -0.25) is 4.90 Å². The van der Waals surface area contributed by atoms with Crippen molar-refractivity contribution in [2.45, 2.75) is 24.9 Å². The Hall–Kier alpha value is -1.50. The van der Waals surface area contributed by atoms with Crippen LogP contribution >= 0.6 is 0 Å². The van der Waals surface area contributed by atoms with Crippen LogP contribution in [0.2, 0.25) is 0 Å². The summed E-state index contributed by atoms with van der Waals surface area (Å²) in [6, 6.07) is 9.24. The van der Waals surface area contributed by atoms with Crippen LogP contribution in [0.15, 0.2) is 24.3 Å². The maximum Gasteiger partial charge on any atom is 0.124 e. The van der Waals surface area contributed by atoms with Crippen LogP contribution in [0.4, 0.5) is 0 Å². The van der Waals surface area contributed by atoms with E-state index in [1.165, 1.54) is 18.4 Å². The van der Waals surface area contributed by atoms with Crippen LogP contribution in [-0.2, 0) is 0 Å². The number of rotatable bonds is 3. The first-order valence-electron chi connectivity index (χ1n) is 7.00. The molecule has 1 fully saturated rings. The molecule has 0 amide bonds. The zero-order chi connectivity index (χ0) is 13.1. The summed E-state index contributed by atoms with van der Waals surface area (Å²) in [5.74, 6) is 3.76. The highest BCUT2D eigenvalue weighted by atomic mass is 16.5. The topological polar surface area (TPSA) is 24.5 Å². The molecule has 0 saturated carbocycles. The number of ether oxygens (including phenoxy) is 1. The van der Waals surface area contributed by atoms with Crippen molar-refractivity contribution in [2.75, 3.05) is 26.2 Å². The van der Waals surface area contributed by atoms with Gasteiger partial charge in [0.1, 0.15) is 12.4 Å². The van der Waals surface area contributed by atoms with Crippen molar-refractivity contribution in [1.29, 1.82) is 0 Å². The van der Waals surface area contributed by atoms with E-state index in [9.17, 15) is 0 Å². The Bertz CT molecular complexity index is 472. The SMILES string of the molecule is C#CCN1CCC(NC2COc3ccccc32)CC1. The van der Waals surface area contributed by atoms with Gasteiger partial charge in [0.15, 0.2) is 0 Å². The largest absolute Gasteiger partial charge is 0.491 e. The van der Waals surface area contributed by atoms with E-state index >= 15 is 0 Å². The molecule has 1 atom stereocenters. The molecule has 19 heavy (non-hydrogen) atoms. The summed E-state index contributed by atoms with van der Waals surface area (Å²) in [5.41, 5.74) is 1.30. The van der Waals surface area contributed by atoms with Gasteiger partial charge < -0.3 is 10.1 Å². The van der Waals surface area contributed by atoms with Crippen molar-refractivity contribution < 1.29 is 4.74 Å². The highest BCUT2D eigenvalue weighted by Gasteiger charge is 2.27. The average Bonchev–Trinajstić information content (AvgIpc) is 2.85. The van der Waals surface area contributed by atoms with Crippen molar-refractivity contribution in [3.63, 3.8) is 0 Å². The second-order valence-corrected chi connectivity index (χ2v) is 5.32. The summed E-state index contributed by atoms with van der Waals surface area (Å²) in [7, 11) is 0. The molecule has 3 rings (SSSR count). The van der Waals surface area contributed by atoms with E-state index in [4.69, 9.17) is 11.2 Å². The summed E-state index contributed by atoms with van der Waals surface area (Å²) in [5, 5.41) is 3.73. The van der Waals surface area contributed by atoms with Crippen molar-refractivity contribution in [2.24, 2.45) is 0 Å². The monoisotopic (exact) mass is 256 g/mol. The molecular weight excluding hydrogens is 236 g/mol. The molecule has 0 aliphatic carbocycles. The zero-order valence-electron chi connectivity index (χ0n) is 11.1. The van der Waals surface area contributed by atoms with Crippen LogP contribution in [0.25, 0.3) is 0 Å². The van der Waals surface area contributed by atoms with Gasteiger partial charge in [0, 0.05) is 24.7 Å². The average molecular weight is 256 g/mol. The van der Waals surface area contributed by atoms with Gasteiger partial charge in [0.25, 0.3) is 0 Å². The van der Waals surface area contributed by atoms with Gasteiger partial charge in [-0.25, -0.2) is 0 Å². The first-order valence-corrected chi connectivity index (χ1v) is 7.00. The fraction of sp³-hybridized carbons (Fsp3) is 0.500. The molecule has 2 aliphatic rings. The number of hydrogen-bond donors (Lipinski definition) is 1. The molecule has 0 spiro atoms. The second kappa shape index (κ2) is 5.64. The molecule has 2 heterocycles. The Balaban J connectivity index is 1.55. The first-order chi connectivity index (χ1) is 9.36. The molecule has 0 aromatic heterocycles. The van der Waals surface area contributed by atoms with E-state index in [0.29, 0.717) is 12.1 Å². The molecule has 100 valence electrons. The van der Waals surface area contributed by atoms with E-state index in [0.717, 1.165) is 32.0 Å². The summed E-state index contributed by atoms with van der Waals surface area (Å²) in [6.45, 7) is 3.72. The molecule has 1 unspecified atom stereocenters. The van der Waals surface area contributed by atoms with E-state index < -0.39 is 0 Å². The van der Waals surface area contributed by atoms with Crippen molar-refractivity contribution in [3.8, 4) is 18.1 Å². The Kier molecular flexibility index (Phi) is 3.72. The Morgan fingerprint density at radius 3 is 2.89 bits per heavy atom. The number of nitrogens with one attached hydrogen (secondary N) is 1. The maximum atomic E-state index is 5.71. The first kappa shape index (κ1) is 12.5. The van der Waals surface area contributed by atoms with Crippen LogP contribution in [0, 0.1) is 12.3 Å². The number of terminal acetylenes is 1. The number of nitrogens with zero attached hydrogens (tertiary/aromatic N) is 1. The van der Waals surface area contributed by atoms with Gasteiger partial charge in [0.05, 0.1) is 12.6 Å². The fourth-order valence-electron chi connectivity index (χ4n) is 2.97. The molecular formula is C16H20N2O. The fourth-order valence-corrected chi connectivity index (χ4v) is 2.97. The minimum absolute atomic E-state index is 0.348. The lowest BCUT2D eigenvalue weighted by atomic mass is 10.0. The van der Waals surface area contributed by atoms with Gasteiger partial charge in [-0.15, -0.1) is 6.42 Å². The van der Waals surface area contributed by atoms with Crippen LogP contribution in [0.3, 0.4) is 0 Å². The van der Waals surface area contributed by atoms with Crippen LogP contribution in [-0.4, -0.2) is 37.2 Å². The molecule has 0 radical (unpaired) electrons. The molecule has 3 nitrogen and oxygen atoms in total. The molecule has 1 aromatic carbocycles. The van der Waals surface area contributed by atoms with Crippen molar-refractivity contribution in [1.82, 2.24) is 10.2 Å². The highest BCUT2D eigenvalue weighted by Crippen LogP contribution is 2.32. The van der Waals surface area contributed by atoms with Gasteiger partial charge in [-0.1, -0.05) is 24.1 Å². The van der Waals surface area contributed by atoms with Crippen LogP contribution < -0.4 is 10.1 Å². The number of likely N-dealkylation sites (tertiary alicyclic amines) is 1. The Morgan fingerprint density at radius 1 is 1.32 bits per heavy atom. The Labute approximate surface area is 114 Å². The minimum atomic E-state index is 0.348. The second-order valence-electron chi connectivity index (χ2n) is 5.32. The molecule has 1 aromatic rings. The highest BCUT2D eigenvalue weighted by molar-refractivity contribution is 5.39. The van der Waals surface area contributed by atoms with Gasteiger partial charge in [-0.2, -0.15) is 0 Å². The molecule has 0 bridgehead atoms. The number of fused-ring (bicyclic) bond motifs is 1. The summed E-state index contributed by atoms with van der Waals surface area (Å²) < 4.78 is 5.71. The van der Waals surface area contributed by atoms with E-state index in [-0.39, 0.29) is 0 Å². The van der Waals surface area contributed by atoms with Crippen molar-refractivity contribution >= 4 is 0 Å². The number of piperidine rings is 1. The number of para-hydroxylation sites is 1. The maximum absolute atomic E-state index is 5.71. The molecule has 1 saturated heterocycles. The van der Waals surface area contributed by atoms with E-state index in [1.54, 1.807) is 0 Å². The van der Waals surface area contributed by atoms with Gasteiger partial charge in [-0.05, 0) is 18.9 Å². The quantitative estimate of drug-likeness (QED) is 0.835. The molecule has 3 heteroatoms. The molecule has 2 aliphatic heterocycles. The lowest BCUT2D eigenvalue weighted by Gasteiger charge is -2.32. The summed E-state index contributed by atoms with van der Waals surface area (Å²) in [4.78, 5) is 2.34. The molecule has 1 N–H and O–H groups in total. The van der Waals surface area contributed by atoms with Crippen LogP contribution in [0.1, 0.15) is 24.4 Å². The standard InChI is InChI=1S/C16H20N2O/c1-2-9-18-10-7-13(8-11-18)17-15-12-19-16-6-4-3-5-14(15)16/h1,3-6,13,15,17H,7-12H2. The third-order valence-corrected chi connectivity index (χ3v) is 4.04. The lowest BCUT2D eigenvalue weighted by molar-refractivity contribution is 0.201. The number of hydrogen-bond acceptors (Lipinski definition) is 3. The predicted octanol–water partition coefficient (Wildman–Crippen LogP) is 1.81. The van der Waals surface area contributed by atoms with Gasteiger partial charge >= 0.3 is 0 Å². The zero-order valence-corrected chi connectivity index (χ0v) is 11.1. The van der Waals surface area contributed by atoms with E-state index in [2.05, 4.69) is 28.3 Å². The minimum Gasteiger partial charge on any atom is -0.491 e. The smallest absolute Gasteiger partial charge is 0.124 e. The Morgan fingerprint density at radius 2 is 2.11 bits per heavy atom. The summed E-state index contributed by atoms with van der Waals surface area (Å²) in [6.07, 6.45) is 7.69.